The van der Waals surface area contributed by atoms with Crippen molar-refractivity contribution in [2.45, 2.75) is 25.7 Å². The zero-order chi connectivity index (χ0) is 24.6. The maximum absolute atomic E-state index is 14.2. The zero-order valence-corrected chi connectivity index (χ0v) is 20.1. The Morgan fingerprint density at radius 3 is 1.89 bits per heavy atom. The number of benzene rings is 4. The molecule has 4 aromatic rings. The number of imide groups is 1. The second-order valence-corrected chi connectivity index (χ2v) is 10.3. The van der Waals surface area contributed by atoms with Crippen molar-refractivity contribution in [1.29, 1.82) is 0 Å². The SMILES string of the molecule is Cc1ccccc1Oc1ccc(N2C(=O)[C@@H]3C4c5ccccc5C(c5ccccc54)[C@]3(C)C2=O)cc1. The maximum atomic E-state index is 14.2. The van der Waals surface area contributed by atoms with Crippen molar-refractivity contribution in [3.05, 3.63) is 125 Å². The minimum atomic E-state index is -0.833. The monoisotopic (exact) mass is 471 g/mol. The van der Waals surface area contributed by atoms with Gasteiger partial charge in [0.25, 0.3) is 0 Å². The summed E-state index contributed by atoms with van der Waals surface area (Å²) in [5, 5.41) is 0. The minimum Gasteiger partial charge on any atom is -0.457 e. The molecule has 1 saturated heterocycles. The summed E-state index contributed by atoms with van der Waals surface area (Å²) in [5.74, 6) is 0.503. The Labute approximate surface area is 210 Å². The predicted molar refractivity (Wildman–Crippen MR) is 138 cm³/mol. The van der Waals surface area contributed by atoms with Crippen molar-refractivity contribution >= 4 is 17.5 Å². The van der Waals surface area contributed by atoms with E-state index in [1.165, 1.54) is 27.2 Å². The smallest absolute Gasteiger partial charge is 0.241 e. The number of hydrogen-bond acceptors (Lipinski definition) is 3. The normalized spacial score (nSPS) is 25.4. The second-order valence-electron chi connectivity index (χ2n) is 10.3. The third-order valence-corrected chi connectivity index (χ3v) is 8.43. The van der Waals surface area contributed by atoms with Gasteiger partial charge in [0.1, 0.15) is 11.5 Å². The van der Waals surface area contributed by atoms with E-state index in [4.69, 9.17) is 4.74 Å². The third-order valence-electron chi connectivity index (χ3n) is 8.43. The highest BCUT2D eigenvalue weighted by Crippen LogP contribution is 2.67. The Bertz CT molecular complexity index is 1510. The number of para-hydroxylation sites is 1. The molecule has 2 atom stereocenters. The van der Waals surface area contributed by atoms with Gasteiger partial charge in [-0.15, -0.1) is 0 Å². The highest BCUT2D eigenvalue weighted by Gasteiger charge is 2.68. The molecule has 1 heterocycles. The third kappa shape index (κ3) is 2.64. The van der Waals surface area contributed by atoms with Crippen LogP contribution in [-0.4, -0.2) is 11.8 Å². The lowest BCUT2D eigenvalue weighted by atomic mass is 9.48. The number of anilines is 1. The zero-order valence-electron chi connectivity index (χ0n) is 20.1. The molecule has 0 saturated carbocycles. The van der Waals surface area contributed by atoms with Gasteiger partial charge in [0, 0.05) is 11.8 Å². The summed E-state index contributed by atoms with van der Waals surface area (Å²) in [7, 11) is 0. The fraction of sp³-hybridized carbons (Fsp3) is 0.188. The van der Waals surface area contributed by atoms with E-state index in [0.29, 0.717) is 11.4 Å². The van der Waals surface area contributed by atoms with Crippen molar-refractivity contribution in [2.75, 3.05) is 4.90 Å². The Morgan fingerprint density at radius 1 is 0.722 bits per heavy atom. The first-order chi connectivity index (χ1) is 17.5. The van der Waals surface area contributed by atoms with Gasteiger partial charge in [0.05, 0.1) is 17.0 Å². The molecular weight excluding hydrogens is 446 g/mol. The first-order valence-electron chi connectivity index (χ1n) is 12.4. The van der Waals surface area contributed by atoms with Gasteiger partial charge in [-0.2, -0.15) is 0 Å². The number of carbonyl (C=O) groups excluding carboxylic acids is 2. The molecule has 4 nitrogen and oxygen atoms in total. The number of amides is 2. The van der Waals surface area contributed by atoms with Gasteiger partial charge in [0.2, 0.25) is 11.8 Å². The number of hydrogen-bond donors (Lipinski definition) is 0. The van der Waals surface area contributed by atoms with Crippen LogP contribution < -0.4 is 9.64 Å². The highest BCUT2D eigenvalue weighted by atomic mass is 16.5. The largest absolute Gasteiger partial charge is 0.457 e. The van der Waals surface area contributed by atoms with Crippen molar-refractivity contribution in [3.63, 3.8) is 0 Å². The average Bonchev–Trinajstić information content (AvgIpc) is 3.11. The number of rotatable bonds is 3. The second kappa shape index (κ2) is 7.41. The van der Waals surface area contributed by atoms with Crippen LogP contribution in [0.3, 0.4) is 0 Å². The molecule has 8 rings (SSSR count). The molecule has 0 N–H and O–H groups in total. The Hall–Kier alpha value is -4.18. The molecular formula is C32H25NO3. The summed E-state index contributed by atoms with van der Waals surface area (Å²) >= 11 is 0. The molecule has 1 aliphatic heterocycles. The number of nitrogens with zero attached hydrogens (tertiary/aromatic N) is 1. The van der Waals surface area contributed by atoms with Crippen molar-refractivity contribution < 1.29 is 14.3 Å². The Balaban J connectivity index is 1.30. The van der Waals surface area contributed by atoms with Crippen LogP contribution >= 0.6 is 0 Å². The summed E-state index contributed by atoms with van der Waals surface area (Å²) in [5.41, 5.74) is 5.49. The van der Waals surface area contributed by atoms with Crippen molar-refractivity contribution in [1.82, 2.24) is 0 Å². The summed E-state index contributed by atoms with van der Waals surface area (Å²) in [6.07, 6.45) is 0. The fourth-order valence-corrected chi connectivity index (χ4v) is 6.82. The molecule has 4 aromatic carbocycles. The van der Waals surface area contributed by atoms with Crippen LogP contribution in [-0.2, 0) is 9.59 Å². The molecule has 36 heavy (non-hydrogen) atoms. The van der Waals surface area contributed by atoms with Gasteiger partial charge in [-0.25, -0.2) is 4.90 Å². The van der Waals surface area contributed by atoms with Crippen LogP contribution in [0.15, 0.2) is 97.1 Å². The van der Waals surface area contributed by atoms with Crippen LogP contribution in [0.1, 0.15) is 46.6 Å². The Kier molecular flexibility index (Phi) is 4.35. The molecule has 0 unspecified atom stereocenters. The van der Waals surface area contributed by atoms with Crippen molar-refractivity contribution in [2.24, 2.45) is 11.3 Å². The summed E-state index contributed by atoms with van der Waals surface area (Å²) in [6.45, 7) is 4.00. The van der Waals surface area contributed by atoms with Crippen LogP contribution in [0, 0.1) is 18.3 Å². The van der Waals surface area contributed by atoms with Gasteiger partial charge < -0.3 is 4.74 Å². The molecule has 0 radical (unpaired) electrons. The topological polar surface area (TPSA) is 46.6 Å². The van der Waals surface area contributed by atoms with Gasteiger partial charge in [-0.3, -0.25) is 9.59 Å². The minimum absolute atomic E-state index is 0.117. The standard InChI is InChI=1S/C32H25NO3/c1-19-9-3-8-14-26(19)36-21-17-15-20(16-18-21)33-30(34)29-27-22-10-4-6-12-24(22)28(32(29,2)31(33)35)25-13-7-5-11-23(25)27/h3-18,27-29H,1-2H3/t27?,28?,29-,32-/m0/s1. The van der Waals surface area contributed by atoms with Crippen LogP contribution in [0.4, 0.5) is 5.69 Å². The molecule has 4 heteroatoms. The predicted octanol–water partition coefficient (Wildman–Crippen LogP) is 6.57. The first-order valence-corrected chi connectivity index (χ1v) is 12.4. The van der Waals surface area contributed by atoms with Crippen LogP contribution in [0.2, 0.25) is 0 Å². The molecule has 2 bridgehead atoms. The molecule has 2 amide bonds. The average molecular weight is 472 g/mol. The van der Waals surface area contributed by atoms with Gasteiger partial charge in [-0.05, 0) is 72.0 Å². The molecule has 0 aromatic heterocycles. The van der Waals surface area contributed by atoms with E-state index >= 15 is 0 Å². The van der Waals surface area contributed by atoms with Crippen molar-refractivity contribution in [3.8, 4) is 11.5 Å². The highest BCUT2D eigenvalue weighted by molar-refractivity contribution is 6.25. The summed E-state index contributed by atoms with van der Waals surface area (Å²) in [6, 6.07) is 31.7. The Morgan fingerprint density at radius 2 is 1.28 bits per heavy atom. The van der Waals surface area contributed by atoms with E-state index in [1.54, 1.807) is 0 Å². The number of aryl methyl sites for hydroxylation is 1. The first kappa shape index (κ1) is 21.1. The lowest BCUT2D eigenvalue weighted by Gasteiger charge is -2.51. The molecule has 3 aliphatic carbocycles. The van der Waals surface area contributed by atoms with E-state index in [-0.39, 0.29) is 23.7 Å². The lowest BCUT2D eigenvalue weighted by Crippen LogP contribution is -2.49. The van der Waals surface area contributed by atoms with Crippen LogP contribution in [0.5, 0.6) is 11.5 Å². The summed E-state index contributed by atoms with van der Waals surface area (Å²) in [4.78, 5) is 29.7. The number of ether oxygens (including phenoxy) is 1. The van der Waals surface area contributed by atoms with Crippen LogP contribution in [0.25, 0.3) is 0 Å². The molecule has 4 aliphatic rings. The fourth-order valence-electron chi connectivity index (χ4n) is 6.82. The maximum Gasteiger partial charge on any atom is 0.241 e. The van der Waals surface area contributed by atoms with E-state index < -0.39 is 11.3 Å². The summed E-state index contributed by atoms with van der Waals surface area (Å²) < 4.78 is 6.04. The quantitative estimate of drug-likeness (QED) is 0.317. The molecule has 0 spiro atoms. The van der Waals surface area contributed by atoms with Gasteiger partial charge in [-0.1, -0.05) is 66.7 Å². The van der Waals surface area contributed by atoms with E-state index in [0.717, 1.165) is 11.3 Å². The number of carbonyl (C=O) groups is 2. The van der Waals surface area contributed by atoms with Gasteiger partial charge >= 0.3 is 0 Å². The molecule has 176 valence electrons. The van der Waals surface area contributed by atoms with Gasteiger partial charge in [0.15, 0.2) is 0 Å². The van der Waals surface area contributed by atoms with E-state index in [1.807, 2.05) is 86.6 Å². The molecule has 1 fully saturated rings. The van der Waals surface area contributed by atoms with E-state index in [9.17, 15) is 9.59 Å². The lowest BCUT2D eigenvalue weighted by molar-refractivity contribution is -0.128. The van der Waals surface area contributed by atoms with E-state index in [2.05, 4.69) is 24.3 Å².